The molecule has 0 saturated heterocycles. The van der Waals surface area contributed by atoms with Crippen molar-refractivity contribution in [1.29, 1.82) is 0 Å². The summed E-state index contributed by atoms with van der Waals surface area (Å²) in [6.45, 7) is 3.62. The number of hydrogen-bond acceptors (Lipinski definition) is 7. The van der Waals surface area contributed by atoms with Gasteiger partial charge in [0.05, 0.1) is 25.2 Å². The van der Waals surface area contributed by atoms with E-state index in [1.165, 1.54) is 19.1 Å². The Morgan fingerprint density at radius 1 is 1.03 bits per heavy atom. The summed E-state index contributed by atoms with van der Waals surface area (Å²) in [7, 11) is 3.04. The van der Waals surface area contributed by atoms with E-state index in [9.17, 15) is 9.59 Å². The van der Waals surface area contributed by atoms with Crippen molar-refractivity contribution in [2.75, 3.05) is 19.1 Å². The summed E-state index contributed by atoms with van der Waals surface area (Å²) in [5.41, 5.74) is 1.77. The Kier molecular flexibility index (Phi) is 4.51. The van der Waals surface area contributed by atoms with Crippen molar-refractivity contribution >= 4 is 22.7 Å². The third-order valence-electron chi connectivity index (χ3n) is 5.62. The number of aryl methyl sites for hydroxylation is 2. The van der Waals surface area contributed by atoms with Gasteiger partial charge in [-0.15, -0.1) is 0 Å². The van der Waals surface area contributed by atoms with Crippen LogP contribution in [0.2, 0.25) is 0 Å². The van der Waals surface area contributed by atoms with E-state index in [1.54, 1.807) is 43.3 Å². The van der Waals surface area contributed by atoms with Crippen LogP contribution in [-0.2, 0) is 0 Å². The average Bonchev–Trinajstić information content (AvgIpc) is 3.34. The van der Waals surface area contributed by atoms with Crippen LogP contribution in [0.25, 0.3) is 11.0 Å². The topological polar surface area (TPSA) is 95.0 Å². The number of methoxy groups -OCH3 is 2. The van der Waals surface area contributed by atoms with Crippen molar-refractivity contribution in [3.05, 3.63) is 80.9 Å². The van der Waals surface area contributed by atoms with E-state index < -0.39 is 11.9 Å². The van der Waals surface area contributed by atoms with Gasteiger partial charge in [-0.2, -0.15) is 0 Å². The second-order valence-electron chi connectivity index (χ2n) is 7.63. The number of ether oxygens (including phenoxy) is 2. The second-order valence-corrected chi connectivity index (χ2v) is 7.63. The zero-order chi connectivity index (χ0) is 22.6. The first-order chi connectivity index (χ1) is 15.4. The van der Waals surface area contributed by atoms with Crippen molar-refractivity contribution in [2.24, 2.45) is 0 Å². The van der Waals surface area contributed by atoms with Crippen molar-refractivity contribution < 1.29 is 23.2 Å². The van der Waals surface area contributed by atoms with Gasteiger partial charge in [-0.25, -0.2) is 0 Å². The summed E-state index contributed by atoms with van der Waals surface area (Å²) in [4.78, 5) is 28.6. The number of nitrogens with zero attached hydrogens (tertiary/aromatic N) is 2. The van der Waals surface area contributed by atoms with Crippen LogP contribution in [0.1, 0.15) is 39.0 Å². The number of amides is 1. The number of rotatable bonds is 4. The van der Waals surface area contributed by atoms with Crippen LogP contribution < -0.4 is 19.8 Å². The molecule has 162 valence electrons. The minimum atomic E-state index is -0.840. The van der Waals surface area contributed by atoms with Crippen molar-refractivity contribution in [3.8, 4) is 11.5 Å². The number of aromatic nitrogens is 1. The Morgan fingerprint density at radius 2 is 1.84 bits per heavy atom. The molecule has 0 spiro atoms. The van der Waals surface area contributed by atoms with Gasteiger partial charge in [0.15, 0.2) is 22.7 Å². The molecule has 3 heterocycles. The Labute approximate surface area is 182 Å². The number of benzene rings is 2. The Bertz CT molecular complexity index is 1430. The van der Waals surface area contributed by atoms with Crippen LogP contribution in [0.3, 0.4) is 0 Å². The van der Waals surface area contributed by atoms with E-state index in [0.717, 1.165) is 5.56 Å². The molecule has 2 aromatic carbocycles. The molecule has 5 rings (SSSR count). The molecule has 0 N–H and O–H groups in total. The maximum absolute atomic E-state index is 13.7. The monoisotopic (exact) mass is 432 g/mol. The number of carbonyl (C=O) groups excluding carboxylic acids is 1. The molecule has 1 aliphatic heterocycles. The molecule has 1 amide bonds. The predicted octanol–water partition coefficient (Wildman–Crippen LogP) is 4.16. The predicted molar refractivity (Wildman–Crippen MR) is 117 cm³/mol. The van der Waals surface area contributed by atoms with Crippen LogP contribution >= 0.6 is 0 Å². The summed E-state index contributed by atoms with van der Waals surface area (Å²) in [5, 5.41) is 4.44. The first-order valence-corrected chi connectivity index (χ1v) is 9.99. The quantitative estimate of drug-likeness (QED) is 0.478. The SMILES string of the molecule is COc1cccc([C@@H]2c3c(oc4ccc(C)cc4c3=O)C(=O)N2c2cc(C)on2)c1OC. The van der Waals surface area contributed by atoms with E-state index in [4.69, 9.17) is 18.4 Å². The van der Waals surface area contributed by atoms with Gasteiger partial charge in [-0.3, -0.25) is 14.5 Å². The molecule has 0 fully saturated rings. The van der Waals surface area contributed by atoms with Crippen LogP contribution in [0.4, 0.5) is 5.82 Å². The third-order valence-corrected chi connectivity index (χ3v) is 5.62. The highest BCUT2D eigenvalue weighted by molar-refractivity contribution is 6.10. The smallest absolute Gasteiger partial charge is 0.296 e. The maximum Gasteiger partial charge on any atom is 0.296 e. The van der Waals surface area contributed by atoms with Crippen LogP contribution in [0, 0.1) is 13.8 Å². The average molecular weight is 432 g/mol. The van der Waals surface area contributed by atoms with Crippen molar-refractivity contribution in [2.45, 2.75) is 19.9 Å². The number of fused-ring (bicyclic) bond motifs is 2. The maximum atomic E-state index is 13.7. The lowest BCUT2D eigenvalue weighted by Gasteiger charge is -2.24. The molecule has 1 aliphatic rings. The van der Waals surface area contributed by atoms with E-state index >= 15 is 0 Å². The molecular formula is C24H20N2O6. The summed E-state index contributed by atoms with van der Waals surface area (Å²) in [5.74, 6) is 1.18. The molecule has 32 heavy (non-hydrogen) atoms. The van der Waals surface area contributed by atoms with Crippen LogP contribution in [0.5, 0.6) is 11.5 Å². The lowest BCUT2D eigenvalue weighted by atomic mass is 9.97. The standard InChI is InChI=1S/C24H20N2O6/c1-12-8-9-16-15(10-12)21(27)19-20(14-6-5-7-17(29-3)22(14)30-4)26(24(28)23(19)31-16)18-11-13(2)32-25-18/h5-11,20H,1-4H3/t20-/m1/s1. The first-order valence-electron chi connectivity index (χ1n) is 9.99. The zero-order valence-corrected chi connectivity index (χ0v) is 18.0. The second kappa shape index (κ2) is 7.26. The molecule has 0 radical (unpaired) electrons. The van der Waals surface area contributed by atoms with Crippen molar-refractivity contribution in [3.63, 3.8) is 0 Å². The first kappa shape index (κ1) is 19.9. The van der Waals surface area contributed by atoms with Gasteiger partial charge < -0.3 is 18.4 Å². The molecule has 2 aromatic heterocycles. The number of hydrogen-bond donors (Lipinski definition) is 0. The Morgan fingerprint density at radius 3 is 2.53 bits per heavy atom. The molecule has 8 heteroatoms. The fourth-order valence-electron chi connectivity index (χ4n) is 4.21. The lowest BCUT2D eigenvalue weighted by molar-refractivity contribution is 0.0969. The minimum absolute atomic E-state index is 0.0260. The minimum Gasteiger partial charge on any atom is -0.493 e. The van der Waals surface area contributed by atoms with Gasteiger partial charge in [0, 0.05) is 11.6 Å². The van der Waals surface area contributed by atoms with E-state index in [-0.39, 0.29) is 22.6 Å². The van der Waals surface area contributed by atoms with Gasteiger partial charge in [-0.1, -0.05) is 28.9 Å². The molecule has 0 unspecified atom stereocenters. The summed E-state index contributed by atoms with van der Waals surface area (Å²) < 4.78 is 22.3. The van der Waals surface area contributed by atoms with Crippen LogP contribution in [-0.4, -0.2) is 25.3 Å². The summed E-state index contributed by atoms with van der Waals surface area (Å²) in [6.07, 6.45) is 0. The summed E-state index contributed by atoms with van der Waals surface area (Å²) in [6, 6.07) is 11.4. The van der Waals surface area contributed by atoms with Gasteiger partial charge in [0.1, 0.15) is 17.4 Å². The molecular weight excluding hydrogens is 412 g/mol. The highest BCUT2D eigenvalue weighted by Crippen LogP contribution is 2.46. The molecule has 1 atom stereocenters. The molecule has 0 aliphatic carbocycles. The fourth-order valence-corrected chi connectivity index (χ4v) is 4.21. The lowest BCUT2D eigenvalue weighted by Crippen LogP contribution is -2.30. The number of anilines is 1. The highest BCUT2D eigenvalue weighted by Gasteiger charge is 2.46. The molecule has 0 saturated carbocycles. The molecule has 8 nitrogen and oxygen atoms in total. The highest BCUT2D eigenvalue weighted by atomic mass is 16.5. The van der Waals surface area contributed by atoms with Gasteiger partial charge in [-0.05, 0) is 32.0 Å². The molecule has 4 aromatic rings. The Hall–Kier alpha value is -4.07. The van der Waals surface area contributed by atoms with Crippen molar-refractivity contribution in [1.82, 2.24) is 5.16 Å². The van der Waals surface area contributed by atoms with Gasteiger partial charge >= 0.3 is 0 Å². The fraction of sp³-hybridized carbons (Fsp3) is 0.208. The van der Waals surface area contributed by atoms with E-state index in [0.29, 0.717) is 33.8 Å². The van der Waals surface area contributed by atoms with E-state index in [1.807, 2.05) is 13.0 Å². The van der Waals surface area contributed by atoms with E-state index in [2.05, 4.69) is 5.16 Å². The Balaban J connectivity index is 1.86. The number of para-hydroxylation sites is 1. The molecule has 0 bridgehead atoms. The third kappa shape index (κ3) is 2.80. The van der Waals surface area contributed by atoms with Gasteiger partial charge in [0.25, 0.3) is 5.91 Å². The van der Waals surface area contributed by atoms with Crippen LogP contribution in [0.15, 0.2) is 56.2 Å². The summed E-state index contributed by atoms with van der Waals surface area (Å²) >= 11 is 0. The largest absolute Gasteiger partial charge is 0.493 e. The zero-order valence-electron chi connectivity index (χ0n) is 18.0. The van der Waals surface area contributed by atoms with Gasteiger partial charge in [0.2, 0.25) is 5.76 Å². The normalized spacial score (nSPS) is 15.3. The number of carbonyl (C=O) groups is 1.